The second-order valence-electron chi connectivity index (χ2n) is 7.73. The van der Waals surface area contributed by atoms with Crippen molar-refractivity contribution in [3.05, 3.63) is 64.2 Å². The Morgan fingerprint density at radius 3 is 2.33 bits per heavy atom. The zero-order valence-corrected chi connectivity index (χ0v) is 16.5. The lowest BCUT2D eigenvalue weighted by Gasteiger charge is -2.30. The average Bonchev–Trinajstić information content (AvgIpc) is 2.61. The number of nitrogens with zero attached hydrogens (tertiary/aromatic N) is 1. The number of likely N-dealkylation sites (tertiary alicyclic amines) is 1. The van der Waals surface area contributed by atoms with E-state index in [0.717, 1.165) is 49.4 Å². The summed E-state index contributed by atoms with van der Waals surface area (Å²) in [6, 6.07) is 12.8. The molecule has 2 aromatic rings. The van der Waals surface area contributed by atoms with Crippen molar-refractivity contribution in [1.82, 2.24) is 4.90 Å². The first-order chi connectivity index (χ1) is 12.9. The van der Waals surface area contributed by atoms with Crippen molar-refractivity contribution < 1.29 is 14.6 Å². The van der Waals surface area contributed by atoms with Gasteiger partial charge in [0, 0.05) is 6.54 Å². The third-order valence-electron chi connectivity index (χ3n) is 5.33. The van der Waals surface area contributed by atoms with Crippen LogP contribution in [0.5, 0.6) is 5.75 Å². The normalized spacial score (nSPS) is 15.7. The van der Waals surface area contributed by atoms with Crippen LogP contribution >= 0.6 is 0 Å². The topological polar surface area (TPSA) is 49.8 Å². The molecule has 0 unspecified atom stereocenters. The highest BCUT2D eigenvalue weighted by Crippen LogP contribution is 2.27. The molecule has 1 N–H and O–H groups in total. The summed E-state index contributed by atoms with van der Waals surface area (Å²) in [5.41, 5.74) is 5.99. The first-order valence-electron chi connectivity index (χ1n) is 9.66. The maximum Gasteiger partial charge on any atom is 0.306 e. The minimum atomic E-state index is -0.656. The van der Waals surface area contributed by atoms with Crippen molar-refractivity contribution >= 4 is 5.97 Å². The molecule has 1 heterocycles. The molecule has 144 valence electrons. The summed E-state index contributed by atoms with van der Waals surface area (Å²) in [5, 5.41) is 9.13. The lowest BCUT2D eigenvalue weighted by atomic mass is 9.96. The summed E-state index contributed by atoms with van der Waals surface area (Å²) in [7, 11) is 0. The fourth-order valence-electron chi connectivity index (χ4n) is 3.91. The van der Waals surface area contributed by atoms with E-state index in [0.29, 0.717) is 6.61 Å². The smallest absolute Gasteiger partial charge is 0.306 e. The van der Waals surface area contributed by atoms with E-state index in [1.807, 2.05) is 0 Å². The summed E-state index contributed by atoms with van der Waals surface area (Å²) >= 11 is 0. The minimum absolute atomic E-state index is 0.179. The molecule has 1 saturated heterocycles. The van der Waals surface area contributed by atoms with Gasteiger partial charge in [-0.05, 0) is 69.0 Å². The van der Waals surface area contributed by atoms with E-state index < -0.39 is 5.97 Å². The number of benzene rings is 2. The molecule has 0 amide bonds. The molecular formula is C23H29NO3. The molecule has 0 spiro atoms. The van der Waals surface area contributed by atoms with Gasteiger partial charge in [0.2, 0.25) is 0 Å². The van der Waals surface area contributed by atoms with Crippen LogP contribution in [0.4, 0.5) is 0 Å². The number of hydrogen-bond acceptors (Lipinski definition) is 3. The van der Waals surface area contributed by atoms with E-state index in [1.54, 1.807) is 0 Å². The van der Waals surface area contributed by atoms with E-state index >= 15 is 0 Å². The van der Waals surface area contributed by atoms with Crippen molar-refractivity contribution in [3.63, 3.8) is 0 Å². The molecule has 0 saturated carbocycles. The predicted octanol–water partition coefficient (Wildman–Crippen LogP) is 4.49. The van der Waals surface area contributed by atoms with E-state index in [4.69, 9.17) is 9.84 Å². The van der Waals surface area contributed by atoms with Gasteiger partial charge in [-0.25, -0.2) is 0 Å². The highest BCUT2D eigenvalue weighted by atomic mass is 16.5. The molecule has 0 bridgehead atoms. The number of aryl methyl sites for hydroxylation is 3. The SMILES string of the molecule is Cc1cccc(COc2c(C)cc(CN3CCC(C(=O)O)CC3)cc2C)c1. The largest absolute Gasteiger partial charge is 0.488 e. The van der Waals surface area contributed by atoms with Crippen LogP contribution in [0.1, 0.15) is 40.7 Å². The first kappa shape index (κ1) is 19.4. The number of carboxylic acids is 1. The monoisotopic (exact) mass is 367 g/mol. The Balaban J connectivity index is 1.62. The number of carboxylic acid groups (broad SMARTS) is 1. The summed E-state index contributed by atoms with van der Waals surface area (Å²) in [5.74, 6) is 0.128. The highest BCUT2D eigenvalue weighted by molar-refractivity contribution is 5.70. The molecule has 3 rings (SSSR count). The standard InChI is InChI=1S/C23H29NO3/c1-16-5-4-6-19(11-16)15-27-22-17(2)12-20(13-18(22)3)14-24-9-7-21(8-10-24)23(25)26/h4-6,11-13,21H,7-10,14-15H2,1-3H3,(H,25,26). The van der Waals surface area contributed by atoms with Crippen LogP contribution in [0.25, 0.3) is 0 Å². The van der Waals surface area contributed by atoms with E-state index in [1.165, 1.54) is 16.7 Å². The lowest BCUT2D eigenvalue weighted by molar-refractivity contribution is -0.143. The van der Waals surface area contributed by atoms with E-state index in [9.17, 15) is 4.79 Å². The average molecular weight is 367 g/mol. The zero-order chi connectivity index (χ0) is 19.4. The maximum atomic E-state index is 11.1. The second-order valence-corrected chi connectivity index (χ2v) is 7.73. The molecule has 4 nitrogen and oxygen atoms in total. The van der Waals surface area contributed by atoms with Crippen molar-refractivity contribution in [2.24, 2.45) is 5.92 Å². The Hall–Kier alpha value is -2.33. The van der Waals surface area contributed by atoms with Crippen LogP contribution in [0.3, 0.4) is 0 Å². The zero-order valence-electron chi connectivity index (χ0n) is 16.5. The minimum Gasteiger partial charge on any atom is -0.488 e. The number of carbonyl (C=O) groups is 1. The number of rotatable bonds is 6. The molecule has 1 aliphatic rings. The summed E-state index contributed by atoms with van der Waals surface area (Å²) < 4.78 is 6.12. The number of aliphatic carboxylic acids is 1. The van der Waals surface area contributed by atoms with Gasteiger partial charge in [0.05, 0.1) is 5.92 Å². The van der Waals surface area contributed by atoms with Gasteiger partial charge in [0.15, 0.2) is 0 Å². The van der Waals surface area contributed by atoms with Gasteiger partial charge < -0.3 is 9.84 Å². The van der Waals surface area contributed by atoms with Crippen molar-refractivity contribution in [2.45, 2.75) is 46.8 Å². The summed E-state index contributed by atoms with van der Waals surface area (Å²) in [6.07, 6.45) is 1.48. The fraction of sp³-hybridized carbons (Fsp3) is 0.435. The van der Waals surface area contributed by atoms with Crippen molar-refractivity contribution in [2.75, 3.05) is 13.1 Å². The molecule has 0 atom stereocenters. The Morgan fingerprint density at radius 1 is 1.07 bits per heavy atom. The predicted molar refractivity (Wildman–Crippen MR) is 107 cm³/mol. The first-order valence-corrected chi connectivity index (χ1v) is 9.66. The molecular weight excluding hydrogens is 338 g/mol. The molecule has 4 heteroatoms. The summed E-state index contributed by atoms with van der Waals surface area (Å²) in [4.78, 5) is 13.4. The quantitative estimate of drug-likeness (QED) is 0.817. The Morgan fingerprint density at radius 2 is 1.74 bits per heavy atom. The Kier molecular flexibility index (Phi) is 6.17. The summed E-state index contributed by atoms with van der Waals surface area (Å²) in [6.45, 7) is 9.42. The third kappa shape index (κ3) is 5.10. The molecule has 27 heavy (non-hydrogen) atoms. The molecule has 1 aliphatic heterocycles. The van der Waals surface area contributed by atoms with Gasteiger partial charge in [-0.3, -0.25) is 9.69 Å². The fourth-order valence-corrected chi connectivity index (χ4v) is 3.91. The number of piperidine rings is 1. The van der Waals surface area contributed by atoms with Gasteiger partial charge in [-0.15, -0.1) is 0 Å². The van der Waals surface area contributed by atoms with Gasteiger partial charge in [-0.2, -0.15) is 0 Å². The number of hydrogen-bond donors (Lipinski definition) is 1. The van der Waals surface area contributed by atoms with Crippen LogP contribution in [0.2, 0.25) is 0 Å². The molecule has 0 aromatic heterocycles. The van der Waals surface area contributed by atoms with Gasteiger partial charge in [-0.1, -0.05) is 42.0 Å². The van der Waals surface area contributed by atoms with Crippen LogP contribution in [0.15, 0.2) is 36.4 Å². The molecule has 2 aromatic carbocycles. The second kappa shape index (κ2) is 8.57. The van der Waals surface area contributed by atoms with Crippen molar-refractivity contribution in [1.29, 1.82) is 0 Å². The maximum absolute atomic E-state index is 11.1. The lowest BCUT2D eigenvalue weighted by Crippen LogP contribution is -2.35. The van der Waals surface area contributed by atoms with Crippen LogP contribution in [0, 0.1) is 26.7 Å². The van der Waals surface area contributed by atoms with E-state index in [2.05, 4.69) is 62.1 Å². The molecule has 0 aliphatic carbocycles. The highest BCUT2D eigenvalue weighted by Gasteiger charge is 2.24. The molecule has 0 radical (unpaired) electrons. The third-order valence-corrected chi connectivity index (χ3v) is 5.33. The van der Waals surface area contributed by atoms with Gasteiger partial charge in [0.25, 0.3) is 0 Å². The molecule has 1 fully saturated rings. The van der Waals surface area contributed by atoms with Crippen LogP contribution in [-0.4, -0.2) is 29.1 Å². The van der Waals surface area contributed by atoms with Crippen molar-refractivity contribution in [3.8, 4) is 5.75 Å². The van der Waals surface area contributed by atoms with Gasteiger partial charge in [0.1, 0.15) is 12.4 Å². The van der Waals surface area contributed by atoms with Crippen LogP contribution in [-0.2, 0) is 17.9 Å². The Bertz CT molecular complexity index is 784. The Labute approximate surface area is 161 Å². The number of ether oxygens (including phenoxy) is 1. The van der Waals surface area contributed by atoms with Gasteiger partial charge >= 0.3 is 5.97 Å². The van der Waals surface area contributed by atoms with Crippen LogP contribution < -0.4 is 4.74 Å². The van der Waals surface area contributed by atoms with E-state index in [-0.39, 0.29) is 5.92 Å².